The van der Waals surface area contributed by atoms with E-state index in [1.807, 2.05) is 48.3 Å². The molecule has 0 bridgehead atoms. The fraction of sp³-hybridized carbons (Fsp3) is 0.524. The Labute approximate surface area is 171 Å². The van der Waals surface area contributed by atoms with Gasteiger partial charge in [-0.3, -0.25) is 9.10 Å². The lowest BCUT2D eigenvalue weighted by Crippen LogP contribution is -2.42. The van der Waals surface area contributed by atoms with E-state index < -0.39 is 0 Å². The van der Waals surface area contributed by atoms with Crippen LogP contribution < -0.4 is 11.1 Å². The zero-order valence-electron chi connectivity index (χ0n) is 16.3. The van der Waals surface area contributed by atoms with Crippen LogP contribution in [0.3, 0.4) is 0 Å². The second-order valence-corrected chi connectivity index (χ2v) is 8.38. The molecule has 1 amide bonds. The lowest BCUT2D eigenvalue weighted by atomic mass is 10.1. The molecule has 1 saturated carbocycles. The van der Waals surface area contributed by atoms with Gasteiger partial charge in [-0.25, -0.2) is 0 Å². The normalized spacial score (nSPS) is 17.6. The molecule has 2 fully saturated rings. The largest absolute Gasteiger partial charge is 0.360 e. The van der Waals surface area contributed by atoms with E-state index in [0.29, 0.717) is 11.6 Å². The highest BCUT2D eigenvalue weighted by Crippen LogP contribution is 2.40. The number of amides is 1. The summed E-state index contributed by atoms with van der Waals surface area (Å²) in [5.41, 5.74) is 5.93. The monoisotopic (exact) mass is 402 g/mol. The predicted molar refractivity (Wildman–Crippen MR) is 113 cm³/mol. The van der Waals surface area contributed by atoms with Crippen molar-refractivity contribution in [1.82, 2.24) is 14.8 Å². The Morgan fingerprint density at radius 3 is 2.36 bits per heavy atom. The lowest BCUT2D eigenvalue weighted by Gasteiger charge is -2.31. The molecule has 4 rings (SSSR count). The summed E-state index contributed by atoms with van der Waals surface area (Å²) in [6, 6.07) is 14.0. The Morgan fingerprint density at radius 2 is 1.79 bits per heavy atom. The smallest absolute Gasteiger partial charge is 0.273 e. The first kappa shape index (κ1) is 20.9. The molecule has 7 heteroatoms. The third kappa shape index (κ3) is 6.96. The second-order valence-electron chi connectivity index (χ2n) is 7.20. The van der Waals surface area contributed by atoms with Gasteiger partial charge >= 0.3 is 0 Å². The molecule has 152 valence electrons. The Morgan fingerprint density at radius 1 is 1.14 bits per heavy atom. The molecule has 0 spiro atoms. The maximum Gasteiger partial charge on any atom is 0.273 e. The van der Waals surface area contributed by atoms with Crippen LogP contribution in [0.1, 0.15) is 54.3 Å². The molecule has 0 unspecified atom stereocenters. The molecule has 2 aromatic rings. The molecule has 1 aliphatic carbocycles. The van der Waals surface area contributed by atoms with E-state index in [-0.39, 0.29) is 11.9 Å². The number of carbonyl (C=O) groups excluding carboxylic acids is 1. The van der Waals surface area contributed by atoms with E-state index in [9.17, 15) is 4.79 Å². The van der Waals surface area contributed by atoms with Crippen LogP contribution in [0.4, 0.5) is 0 Å². The molecular formula is C21H30N4O2S. The van der Waals surface area contributed by atoms with Gasteiger partial charge in [0, 0.05) is 36.9 Å². The Bertz CT molecular complexity index is 671. The van der Waals surface area contributed by atoms with Crippen LogP contribution in [0.25, 0.3) is 0 Å². The molecular weight excluding hydrogens is 372 g/mol. The van der Waals surface area contributed by atoms with Crippen molar-refractivity contribution < 1.29 is 9.32 Å². The number of nitrogens with one attached hydrogen (secondary N) is 1. The van der Waals surface area contributed by atoms with Crippen LogP contribution in [0.2, 0.25) is 0 Å². The van der Waals surface area contributed by atoms with Gasteiger partial charge in [-0.2, -0.15) is 0 Å². The molecule has 28 heavy (non-hydrogen) atoms. The van der Waals surface area contributed by atoms with Crippen molar-refractivity contribution in [1.29, 1.82) is 0 Å². The summed E-state index contributed by atoms with van der Waals surface area (Å²) in [4.78, 5) is 12.2. The maximum atomic E-state index is 12.2. The molecule has 0 radical (unpaired) electrons. The van der Waals surface area contributed by atoms with Gasteiger partial charge in [0.1, 0.15) is 5.76 Å². The average molecular weight is 403 g/mol. The van der Waals surface area contributed by atoms with Gasteiger partial charge < -0.3 is 15.6 Å². The summed E-state index contributed by atoms with van der Waals surface area (Å²) in [5, 5.41) is 6.97. The van der Waals surface area contributed by atoms with Crippen molar-refractivity contribution in [3.63, 3.8) is 0 Å². The number of rotatable bonds is 7. The zero-order chi connectivity index (χ0) is 19.6. The highest BCUT2D eigenvalue weighted by molar-refractivity contribution is 7.97. The van der Waals surface area contributed by atoms with Gasteiger partial charge in [0.15, 0.2) is 5.69 Å². The summed E-state index contributed by atoms with van der Waals surface area (Å²) in [7, 11) is 0. The van der Waals surface area contributed by atoms with E-state index in [1.54, 1.807) is 6.07 Å². The number of hydrogen-bond donors (Lipinski definition) is 2. The lowest BCUT2D eigenvalue weighted by molar-refractivity contribution is 0.0915. The van der Waals surface area contributed by atoms with Crippen molar-refractivity contribution in [2.45, 2.75) is 44.1 Å². The number of benzene rings is 1. The van der Waals surface area contributed by atoms with E-state index in [1.165, 1.54) is 0 Å². The van der Waals surface area contributed by atoms with Crippen LogP contribution in [0.15, 0.2) is 47.0 Å². The molecule has 0 atom stereocenters. The van der Waals surface area contributed by atoms with Crippen molar-refractivity contribution in [2.24, 2.45) is 5.73 Å². The van der Waals surface area contributed by atoms with Crippen LogP contribution >= 0.6 is 11.9 Å². The summed E-state index contributed by atoms with van der Waals surface area (Å²) in [6.45, 7) is 2.76. The summed E-state index contributed by atoms with van der Waals surface area (Å²) in [6.07, 6.45) is 5.31. The average Bonchev–Trinajstić information content (AvgIpc) is 3.47. The van der Waals surface area contributed by atoms with Crippen molar-refractivity contribution >= 4 is 17.9 Å². The number of hydrogen-bond acceptors (Lipinski definition) is 6. The Hall–Kier alpha value is -1.83. The second kappa shape index (κ2) is 11.2. The fourth-order valence-electron chi connectivity index (χ4n) is 3.01. The molecule has 1 aliphatic heterocycles. The van der Waals surface area contributed by atoms with Gasteiger partial charge in [0.05, 0.1) is 0 Å². The third-order valence-electron chi connectivity index (χ3n) is 4.82. The van der Waals surface area contributed by atoms with Crippen LogP contribution in [0.5, 0.6) is 0 Å². The standard InChI is InChI=1S/C15H24N4O2S.C6H6/c16-6-1-9-22-19-7-4-12(5-8-19)17-15(20)13-10-14(21-18-13)11-2-3-11;1-2-4-6-5-3-1/h10-12H,1-9,16H2,(H,17,20);1-6H. The number of nitrogens with two attached hydrogens (primary N) is 1. The Kier molecular flexibility index (Phi) is 8.39. The number of carbonyl (C=O) groups is 1. The SMILES string of the molecule is NCCCSN1CCC(NC(=O)c2cc(C3CC3)on2)CC1.c1ccccc1. The third-order valence-corrected chi connectivity index (χ3v) is 6.02. The zero-order valence-corrected chi connectivity index (χ0v) is 17.1. The van der Waals surface area contributed by atoms with E-state index in [0.717, 1.165) is 63.3 Å². The highest BCUT2D eigenvalue weighted by atomic mass is 32.2. The number of piperidine rings is 1. The molecule has 2 heterocycles. The Balaban J connectivity index is 0.000000320. The first-order valence-electron chi connectivity index (χ1n) is 10.1. The molecule has 2 aliphatic rings. The quantitative estimate of drug-likeness (QED) is 0.545. The van der Waals surface area contributed by atoms with Crippen molar-refractivity contribution in [2.75, 3.05) is 25.4 Å². The number of aromatic nitrogens is 1. The summed E-state index contributed by atoms with van der Waals surface area (Å²) < 4.78 is 7.61. The maximum absolute atomic E-state index is 12.2. The minimum Gasteiger partial charge on any atom is -0.360 e. The molecule has 1 aromatic carbocycles. The molecule has 6 nitrogen and oxygen atoms in total. The molecule has 3 N–H and O–H groups in total. The van der Waals surface area contributed by atoms with Gasteiger partial charge in [0.2, 0.25) is 0 Å². The molecule has 1 saturated heterocycles. The van der Waals surface area contributed by atoms with Crippen molar-refractivity contribution in [3.8, 4) is 0 Å². The van der Waals surface area contributed by atoms with Gasteiger partial charge in [-0.15, -0.1) is 0 Å². The van der Waals surface area contributed by atoms with E-state index >= 15 is 0 Å². The molecule has 1 aromatic heterocycles. The minimum atomic E-state index is -0.107. The van der Waals surface area contributed by atoms with Gasteiger partial charge in [0.25, 0.3) is 5.91 Å². The predicted octanol–water partition coefficient (Wildman–Crippen LogP) is 3.43. The summed E-state index contributed by atoms with van der Waals surface area (Å²) in [5.74, 6) is 2.32. The van der Waals surface area contributed by atoms with Crippen molar-refractivity contribution in [3.05, 3.63) is 53.9 Å². The van der Waals surface area contributed by atoms with Crippen LogP contribution in [-0.2, 0) is 0 Å². The van der Waals surface area contributed by atoms with Crippen LogP contribution in [0, 0.1) is 0 Å². The topological polar surface area (TPSA) is 84.4 Å². The first-order valence-corrected chi connectivity index (χ1v) is 11.1. The van der Waals surface area contributed by atoms with Gasteiger partial charge in [-0.1, -0.05) is 53.5 Å². The van der Waals surface area contributed by atoms with Gasteiger partial charge in [-0.05, 0) is 38.6 Å². The van der Waals surface area contributed by atoms with Crippen LogP contribution in [-0.4, -0.2) is 46.8 Å². The summed E-state index contributed by atoms with van der Waals surface area (Å²) >= 11 is 1.87. The van der Waals surface area contributed by atoms with E-state index in [2.05, 4.69) is 14.8 Å². The fourth-order valence-corrected chi connectivity index (χ4v) is 4.03. The number of nitrogens with zero attached hydrogens (tertiary/aromatic N) is 2. The van der Waals surface area contributed by atoms with E-state index in [4.69, 9.17) is 10.3 Å². The first-order chi connectivity index (χ1) is 13.8. The minimum absolute atomic E-state index is 0.107. The highest BCUT2D eigenvalue weighted by Gasteiger charge is 2.29.